The summed E-state index contributed by atoms with van der Waals surface area (Å²) in [6.45, 7) is 3.31. The SMILES string of the molecule is COCCNC(=O)C1c2ccccc2C(=O)N1CC(C)c1ccc(Cl)cc1. The molecule has 2 amide bonds. The highest BCUT2D eigenvalue weighted by Crippen LogP contribution is 2.35. The van der Waals surface area contributed by atoms with Crippen LogP contribution >= 0.6 is 11.6 Å². The van der Waals surface area contributed by atoms with Gasteiger partial charge in [-0.2, -0.15) is 0 Å². The lowest BCUT2D eigenvalue weighted by molar-refractivity contribution is -0.125. The lowest BCUT2D eigenvalue weighted by atomic mass is 9.99. The quantitative estimate of drug-likeness (QED) is 0.742. The lowest BCUT2D eigenvalue weighted by Crippen LogP contribution is -2.41. The maximum Gasteiger partial charge on any atom is 0.255 e. The Balaban J connectivity index is 1.84. The molecule has 1 aliphatic heterocycles. The third kappa shape index (κ3) is 4.15. The van der Waals surface area contributed by atoms with Crippen LogP contribution in [0.2, 0.25) is 5.02 Å². The summed E-state index contributed by atoms with van der Waals surface area (Å²) < 4.78 is 5.00. The number of fused-ring (bicyclic) bond motifs is 1. The number of hydrogen-bond donors (Lipinski definition) is 1. The Morgan fingerprint density at radius 3 is 2.63 bits per heavy atom. The number of hydrogen-bond acceptors (Lipinski definition) is 3. The van der Waals surface area contributed by atoms with Gasteiger partial charge in [0.2, 0.25) is 5.91 Å². The number of halogens is 1. The number of ether oxygens (including phenoxy) is 1. The first-order valence-corrected chi connectivity index (χ1v) is 9.32. The summed E-state index contributed by atoms with van der Waals surface area (Å²) in [5, 5.41) is 3.53. The molecule has 1 heterocycles. The van der Waals surface area contributed by atoms with Crippen LogP contribution < -0.4 is 5.32 Å². The van der Waals surface area contributed by atoms with Gasteiger partial charge in [0.25, 0.3) is 5.91 Å². The highest BCUT2D eigenvalue weighted by atomic mass is 35.5. The maximum absolute atomic E-state index is 13.0. The number of benzene rings is 2. The molecule has 2 aromatic carbocycles. The van der Waals surface area contributed by atoms with Crippen LogP contribution in [0, 0.1) is 0 Å². The first kappa shape index (κ1) is 19.4. The minimum absolute atomic E-state index is 0.0646. The zero-order valence-electron chi connectivity index (χ0n) is 15.4. The summed E-state index contributed by atoms with van der Waals surface area (Å²) in [6, 6.07) is 14.3. The predicted molar refractivity (Wildman–Crippen MR) is 105 cm³/mol. The molecule has 0 fully saturated rings. The van der Waals surface area contributed by atoms with Gasteiger partial charge in [-0.05, 0) is 35.2 Å². The Kier molecular flexibility index (Phi) is 6.14. The van der Waals surface area contributed by atoms with Crippen molar-refractivity contribution in [3.05, 3.63) is 70.2 Å². The van der Waals surface area contributed by atoms with Gasteiger partial charge in [0, 0.05) is 30.8 Å². The molecule has 2 unspecified atom stereocenters. The van der Waals surface area contributed by atoms with E-state index >= 15 is 0 Å². The van der Waals surface area contributed by atoms with Crippen LogP contribution in [0.5, 0.6) is 0 Å². The Morgan fingerprint density at radius 1 is 1.22 bits per heavy atom. The third-order valence-corrected chi connectivity index (χ3v) is 5.07. The van der Waals surface area contributed by atoms with Crippen molar-refractivity contribution in [1.29, 1.82) is 0 Å². The van der Waals surface area contributed by atoms with Crippen LogP contribution in [-0.4, -0.2) is 43.5 Å². The number of amides is 2. The molecule has 0 aromatic heterocycles. The molecule has 27 heavy (non-hydrogen) atoms. The topological polar surface area (TPSA) is 58.6 Å². The highest BCUT2D eigenvalue weighted by Gasteiger charge is 2.41. The fourth-order valence-electron chi connectivity index (χ4n) is 3.41. The van der Waals surface area contributed by atoms with Crippen molar-refractivity contribution in [2.24, 2.45) is 0 Å². The van der Waals surface area contributed by atoms with Gasteiger partial charge in [0.1, 0.15) is 6.04 Å². The summed E-state index contributed by atoms with van der Waals surface area (Å²) in [5.41, 5.74) is 2.41. The highest BCUT2D eigenvalue weighted by molar-refractivity contribution is 6.30. The Bertz CT molecular complexity index is 822. The van der Waals surface area contributed by atoms with Gasteiger partial charge in [-0.15, -0.1) is 0 Å². The number of methoxy groups -OCH3 is 1. The summed E-state index contributed by atoms with van der Waals surface area (Å²) in [5.74, 6) is -0.234. The van der Waals surface area contributed by atoms with E-state index in [1.807, 2.05) is 49.4 Å². The summed E-state index contributed by atoms with van der Waals surface area (Å²) in [4.78, 5) is 27.4. The van der Waals surface area contributed by atoms with E-state index in [9.17, 15) is 9.59 Å². The number of carbonyl (C=O) groups is 2. The second kappa shape index (κ2) is 8.55. The zero-order chi connectivity index (χ0) is 19.4. The monoisotopic (exact) mass is 386 g/mol. The molecule has 0 saturated carbocycles. The molecule has 3 rings (SSSR count). The first-order valence-electron chi connectivity index (χ1n) is 8.95. The van der Waals surface area contributed by atoms with E-state index in [4.69, 9.17) is 16.3 Å². The molecule has 0 bridgehead atoms. The molecule has 2 aromatic rings. The Labute approximate surface area is 164 Å². The van der Waals surface area contributed by atoms with Crippen LogP contribution in [0.1, 0.15) is 40.4 Å². The van der Waals surface area contributed by atoms with Crippen molar-refractivity contribution in [3.8, 4) is 0 Å². The van der Waals surface area contributed by atoms with E-state index < -0.39 is 6.04 Å². The summed E-state index contributed by atoms with van der Waals surface area (Å²) in [7, 11) is 1.58. The number of nitrogens with one attached hydrogen (secondary N) is 1. The van der Waals surface area contributed by atoms with Gasteiger partial charge in [-0.25, -0.2) is 0 Å². The van der Waals surface area contributed by atoms with Crippen LogP contribution in [0.3, 0.4) is 0 Å². The van der Waals surface area contributed by atoms with Gasteiger partial charge < -0.3 is 15.0 Å². The fraction of sp³-hybridized carbons (Fsp3) is 0.333. The smallest absolute Gasteiger partial charge is 0.255 e. The standard InChI is InChI=1S/C21H23ClN2O3/c1-14(15-7-9-16(22)10-8-15)13-24-19(20(25)23-11-12-27-2)17-5-3-4-6-18(17)21(24)26/h3-10,14,19H,11-13H2,1-2H3,(H,23,25). The van der Waals surface area contributed by atoms with Crippen LogP contribution in [-0.2, 0) is 9.53 Å². The summed E-state index contributed by atoms with van der Waals surface area (Å²) >= 11 is 5.97. The first-order chi connectivity index (χ1) is 13.0. The van der Waals surface area contributed by atoms with Gasteiger partial charge >= 0.3 is 0 Å². The molecule has 2 atom stereocenters. The van der Waals surface area contributed by atoms with E-state index in [-0.39, 0.29) is 17.7 Å². The van der Waals surface area contributed by atoms with Crippen molar-refractivity contribution in [3.63, 3.8) is 0 Å². The van der Waals surface area contributed by atoms with Crippen LogP contribution in [0.15, 0.2) is 48.5 Å². The molecule has 142 valence electrons. The van der Waals surface area contributed by atoms with Crippen molar-refractivity contribution in [2.45, 2.75) is 18.9 Å². The fourth-order valence-corrected chi connectivity index (χ4v) is 3.53. The van der Waals surface area contributed by atoms with Crippen molar-refractivity contribution >= 4 is 23.4 Å². The van der Waals surface area contributed by atoms with Crippen molar-refractivity contribution in [1.82, 2.24) is 10.2 Å². The molecule has 0 aliphatic carbocycles. The van der Waals surface area contributed by atoms with Gasteiger partial charge in [-0.1, -0.05) is 48.9 Å². The van der Waals surface area contributed by atoms with E-state index in [2.05, 4.69) is 5.32 Å². The van der Waals surface area contributed by atoms with Crippen LogP contribution in [0.4, 0.5) is 0 Å². The molecule has 1 aliphatic rings. The van der Waals surface area contributed by atoms with E-state index in [1.54, 1.807) is 18.1 Å². The average molecular weight is 387 g/mol. The molecular weight excluding hydrogens is 364 g/mol. The van der Waals surface area contributed by atoms with Crippen molar-refractivity contribution in [2.75, 3.05) is 26.8 Å². The minimum Gasteiger partial charge on any atom is -0.383 e. The second-order valence-corrected chi connectivity index (χ2v) is 7.12. The lowest BCUT2D eigenvalue weighted by Gasteiger charge is -2.27. The molecule has 1 N–H and O–H groups in total. The predicted octanol–water partition coefficient (Wildman–Crippen LogP) is 3.40. The summed E-state index contributed by atoms with van der Waals surface area (Å²) in [6.07, 6.45) is 0. The molecular formula is C21H23ClN2O3. The largest absolute Gasteiger partial charge is 0.383 e. The molecule has 0 saturated heterocycles. The minimum atomic E-state index is -0.625. The van der Waals surface area contributed by atoms with Crippen LogP contribution in [0.25, 0.3) is 0 Å². The number of carbonyl (C=O) groups excluding carboxylic acids is 2. The maximum atomic E-state index is 13.0. The number of rotatable bonds is 7. The second-order valence-electron chi connectivity index (χ2n) is 6.68. The third-order valence-electron chi connectivity index (χ3n) is 4.82. The zero-order valence-corrected chi connectivity index (χ0v) is 16.2. The molecule has 0 radical (unpaired) electrons. The average Bonchev–Trinajstić information content (AvgIpc) is 2.95. The van der Waals surface area contributed by atoms with Gasteiger partial charge in [0.05, 0.1) is 6.61 Å². The van der Waals surface area contributed by atoms with E-state index in [0.717, 1.165) is 11.1 Å². The Hall–Kier alpha value is -2.37. The van der Waals surface area contributed by atoms with Gasteiger partial charge in [-0.3, -0.25) is 9.59 Å². The van der Waals surface area contributed by atoms with Gasteiger partial charge in [0.15, 0.2) is 0 Å². The molecule has 6 heteroatoms. The van der Waals surface area contributed by atoms with E-state index in [0.29, 0.717) is 30.3 Å². The van der Waals surface area contributed by atoms with Crippen molar-refractivity contribution < 1.29 is 14.3 Å². The molecule has 0 spiro atoms. The molecule has 5 nitrogen and oxygen atoms in total. The van der Waals surface area contributed by atoms with E-state index in [1.165, 1.54) is 0 Å². The normalized spacial score (nSPS) is 16.9. The Morgan fingerprint density at radius 2 is 1.93 bits per heavy atom. The number of nitrogens with zero attached hydrogens (tertiary/aromatic N) is 1.